The number of nitrogens with one attached hydrogen (secondary N) is 1. The van der Waals surface area contributed by atoms with Gasteiger partial charge in [-0.25, -0.2) is 9.97 Å². The average molecular weight is 449 g/mol. The van der Waals surface area contributed by atoms with E-state index in [0.29, 0.717) is 46.3 Å². The molecule has 7 nitrogen and oxygen atoms in total. The first-order valence-corrected chi connectivity index (χ1v) is 11.1. The molecule has 0 spiro atoms. The molecule has 0 radical (unpaired) electrons. The van der Waals surface area contributed by atoms with Gasteiger partial charge in [0.1, 0.15) is 28.8 Å². The molecule has 2 aromatic heterocycles. The number of pyridine rings is 1. The van der Waals surface area contributed by atoms with Gasteiger partial charge in [-0.1, -0.05) is 11.6 Å². The maximum absolute atomic E-state index is 10.5. The van der Waals surface area contributed by atoms with Crippen molar-refractivity contribution in [2.24, 2.45) is 0 Å². The van der Waals surface area contributed by atoms with Crippen LogP contribution in [-0.2, 0) is 4.74 Å². The third kappa shape index (κ3) is 4.46. The van der Waals surface area contributed by atoms with Gasteiger partial charge in [0, 0.05) is 29.4 Å². The van der Waals surface area contributed by atoms with Crippen LogP contribution < -0.4 is 10.1 Å². The fourth-order valence-electron chi connectivity index (χ4n) is 3.27. The number of likely N-dealkylation sites (N-methyl/N-ethyl adjacent to an activating group) is 1. The van der Waals surface area contributed by atoms with Crippen molar-refractivity contribution in [2.75, 3.05) is 38.7 Å². The molecule has 0 saturated carbocycles. The van der Waals surface area contributed by atoms with Crippen molar-refractivity contribution in [1.29, 1.82) is 0 Å². The van der Waals surface area contributed by atoms with Gasteiger partial charge < -0.3 is 19.9 Å². The molecule has 1 atom stereocenters. The molecule has 4 rings (SSSR count). The van der Waals surface area contributed by atoms with Crippen molar-refractivity contribution in [3.05, 3.63) is 28.6 Å². The van der Waals surface area contributed by atoms with Crippen LogP contribution in [0.5, 0.6) is 11.5 Å². The lowest BCUT2D eigenvalue weighted by Crippen LogP contribution is -2.46. The SMILES string of the molecule is CC(C)Nc1nc(-c2cc(O)c3ccc(OCC4COCCN4C)c(Cl)c3n2)cs1. The van der Waals surface area contributed by atoms with Gasteiger partial charge in [-0.3, -0.25) is 4.90 Å². The first kappa shape index (κ1) is 21.1. The van der Waals surface area contributed by atoms with Gasteiger partial charge in [0.25, 0.3) is 0 Å². The number of halogens is 1. The summed E-state index contributed by atoms with van der Waals surface area (Å²) in [5, 5.41) is 17.5. The average Bonchev–Trinajstić information content (AvgIpc) is 3.16. The summed E-state index contributed by atoms with van der Waals surface area (Å²) in [5.74, 6) is 0.642. The number of morpholine rings is 1. The second-order valence-electron chi connectivity index (χ2n) is 7.66. The number of hydrogen-bond acceptors (Lipinski definition) is 8. The number of aromatic hydroxyl groups is 1. The van der Waals surface area contributed by atoms with E-state index in [1.54, 1.807) is 18.2 Å². The molecule has 1 aliphatic rings. The van der Waals surface area contributed by atoms with Crippen molar-refractivity contribution < 1.29 is 14.6 Å². The molecule has 2 N–H and O–H groups in total. The minimum absolute atomic E-state index is 0.107. The van der Waals surface area contributed by atoms with E-state index in [0.717, 1.165) is 18.3 Å². The standard InChI is InChI=1S/C21H25ClN4O3S/c1-12(2)23-21-25-16(11-30-21)15-8-17(27)14-4-5-18(19(22)20(14)24-15)29-10-13-9-28-7-6-26(13)3/h4-5,8,11-13H,6-7,9-10H2,1-3H3,(H,23,25)(H,24,27). The highest BCUT2D eigenvalue weighted by molar-refractivity contribution is 7.14. The summed E-state index contributed by atoms with van der Waals surface area (Å²) in [7, 11) is 2.06. The van der Waals surface area contributed by atoms with Crippen LogP contribution in [0.3, 0.4) is 0 Å². The van der Waals surface area contributed by atoms with Crippen LogP contribution in [0.1, 0.15) is 13.8 Å². The number of ether oxygens (including phenoxy) is 2. The predicted octanol–water partition coefficient (Wildman–Crippen LogP) is 4.25. The minimum Gasteiger partial charge on any atom is -0.507 e. The lowest BCUT2D eigenvalue weighted by Gasteiger charge is -2.32. The van der Waals surface area contributed by atoms with E-state index in [-0.39, 0.29) is 17.8 Å². The fraction of sp³-hybridized carbons (Fsp3) is 0.429. The van der Waals surface area contributed by atoms with E-state index < -0.39 is 0 Å². The Morgan fingerprint density at radius 2 is 2.20 bits per heavy atom. The Kier molecular flexibility index (Phi) is 6.29. The van der Waals surface area contributed by atoms with Gasteiger partial charge in [0.15, 0.2) is 5.13 Å². The van der Waals surface area contributed by atoms with E-state index in [1.807, 2.05) is 5.38 Å². The van der Waals surface area contributed by atoms with Gasteiger partial charge in [-0.05, 0) is 33.0 Å². The maximum Gasteiger partial charge on any atom is 0.183 e. The number of nitrogens with zero attached hydrogens (tertiary/aromatic N) is 3. The lowest BCUT2D eigenvalue weighted by atomic mass is 10.1. The molecule has 30 heavy (non-hydrogen) atoms. The van der Waals surface area contributed by atoms with Gasteiger partial charge in [-0.2, -0.15) is 0 Å². The van der Waals surface area contributed by atoms with Crippen molar-refractivity contribution in [3.63, 3.8) is 0 Å². The number of benzene rings is 1. The molecule has 0 bridgehead atoms. The van der Waals surface area contributed by atoms with E-state index in [9.17, 15) is 5.11 Å². The van der Waals surface area contributed by atoms with Crippen LogP contribution in [0.2, 0.25) is 5.02 Å². The summed E-state index contributed by atoms with van der Waals surface area (Å²) >= 11 is 8.12. The monoisotopic (exact) mass is 448 g/mol. The Hall–Kier alpha value is -2.13. The van der Waals surface area contributed by atoms with Crippen molar-refractivity contribution in [2.45, 2.75) is 25.9 Å². The zero-order valence-electron chi connectivity index (χ0n) is 17.2. The molecule has 9 heteroatoms. The summed E-state index contributed by atoms with van der Waals surface area (Å²) in [4.78, 5) is 11.5. The second kappa shape index (κ2) is 8.93. The Morgan fingerprint density at radius 3 is 2.97 bits per heavy atom. The number of aromatic nitrogens is 2. The fourth-order valence-corrected chi connectivity index (χ4v) is 4.38. The van der Waals surface area contributed by atoms with Crippen LogP contribution >= 0.6 is 22.9 Å². The molecule has 3 aromatic rings. The topological polar surface area (TPSA) is 79.7 Å². The largest absolute Gasteiger partial charge is 0.507 e. The van der Waals surface area contributed by atoms with Crippen LogP contribution in [0.4, 0.5) is 5.13 Å². The lowest BCUT2D eigenvalue weighted by molar-refractivity contribution is -0.0107. The molecule has 160 valence electrons. The quantitative estimate of drug-likeness (QED) is 0.583. The summed E-state index contributed by atoms with van der Waals surface area (Å²) < 4.78 is 11.5. The molecule has 1 aromatic carbocycles. The molecule has 1 aliphatic heterocycles. The normalized spacial score (nSPS) is 17.6. The van der Waals surface area contributed by atoms with Crippen molar-refractivity contribution in [1.82, 2.24) is 14.9 Å². The summed E-state index contributed by atoms with van der Waals surface area (Å²) in [6, 6.07) is 5.60. The highest BCUT2D eigenvalue weighted by Crippen LogP contribution is 2.38. The molecule has 1 unspecified atom stereocenters. The van der Waals surface area contributed by atoms with Crippen LogP contribution in [0, 0.1) is 0 Å². The van der Waals surface area contributed by atoms with Gasteiger partial charge >= 0.3 is 0 Å². The minimum atomic E-state index is 0.107. The highest BCUT2D eigenvalue weighted by atomic mass is 35.5. The second-order valence-corrected chi connectivity index (χ2v) is 8.89. The number of fused-ring (bicyclic) bond motifs is 1. The van der Waals surface area contributed by atoms with Crippen LogP contribution in [0.25, 0.3) is 22.3 Å². The zero-order chi connectivity index (χ0) is 21.3. The third-order valence-corrected chi connectivity index (χ3v) is 6.13. The van der Waals surface area contributed by atoms with Gasteiger partial charge in [0.05, 0.1) is 30.5 Å². The van der Waals surface area contributed by atoms with E-state index in [2.05, 4.69) is 41.1 Å². The molecule has 0 aliphatic carbocycles. The zero-order valence-corrected chi connectivity index (χ0v) is 18.8. The van der Waals surface area contributed by atoms with Crippen LogP contribution in [0.15, 0.2) is 23.6 Å². The summed E-state index contributed by atoms with van der Waals surface area (Å²) in [6.07, 6.45) is 0. The van der Waals surface area contributed by atoms with Gasteiger partial charge in [0.2, 0.25) is 0 Å². The summed E-state index contributed by atoms with van der Waals surface area (Å²) in [5.41, 5.74) is 1.74. The first-order valence-electron chi connectivity index (χ1n) is 9.88. The number of anilines is 1. The molecule has 1 fully saturated rings. The third-order valence-electron chi connectivity index (χ3n) is 4.99. The Morgan fingerprint density at radius 1 is 1.37 bits per heavy atom. The van der Waals surface area contributed by atoms with E-state index >= 15 is 0 Å². The highest BCUT2D eigenvalue weighted by Gasteiger charge is 2.21. The van der Waals surface area contributed by atoms with Crippen LogP contribution in [-0.4, -0.2) is 65.5 Å². The molecule has 3 heterocycles. The smallest absolute Gasteiger partial charge is 0.183 e. The molecular weight excluding hydrogens is 424 g/mol. The van der Waals surface area contributed by atoms with Crippen molar-refractivity contribution >= 4 is 39.0 Å². The molecule has 0 amide bonds. The Balaban J connectivity index is 1.62. The maximum atomic E-state index is 10.5. The van der Waals surface area contributed by atoms with E-state index in [1.165, 1.54) is 11.3 Å². The summed E-state index contributed by atoms with van der Waals surface area (Å²) in [6.45, 7) is 6.81. The number of hydrogen-bond donors (Lipinski definition) is 2. The number of rotatable bonds is 6. The Bertz CT molecular complexity index is 1040. The predicted molar refractivity (Wildman–Crippen MR) is 121 cm³/mol. The van der Waals surface area contributed by atoms with Crippen molar-refractivity contribution in [3.8, 4) is 22.9 Å². The number of thiazole rings is 1. The van der Waals surface area contributed by atoms with Gasteiger partial charge in [-0.15, -0.1) is 11.3 Å². The van der Waals surface area contributed by atoms with E-state index in [4.69, 9.17) is 21.1 Å². The molecular formula is C21H25ClN4O3S. The Labute approximate surface area is 184 Å². The molecule has 1 saturated heterocycles. The first-order chi connectivity index (χ1) is 14.4.